The third-order valence-corrected chi connectivity index (χ3v) is 5.87. The molecule has 2 rings (SSSR count). The number of rotatable bonds is 4. The molecule has 19 heavy (non-hydrogen) atoms. The van der Waals surface area contributed by atoms with Crippen LogP contribution in [0.3, 0.4) is 0 Å². The van der Waals surface area contributed by atoms with Gasteiger partial charge in [0.15, 0.2) is 0 Å². The minimum atomic E-state index is 0.101. The average Bonchev–Trinajstić information content (AvgIpc) is 2.83. The molecule has 0 aliphatic carbocycles. The first-order valence-electron chi connectivity index (χ1n) is 5.68. The number of aryl methyl sites for hydroxylation is 1. The van der Waals surface area contributed by atoms with Crippen LogP contribution in [0, 0.1) is 6.92 Å². The lowest BCUT2D eigenvalue weighted by molar-refractivity contribution is 0.397. The Bertz CT molecular complexity index is 581. The Kier molecular flexibility index (Phi) is 4.92. The molecule has 0 amide bonds. The van der Waals surface area contributed by atoms with Gasteiger partial charge in [0.25, 0.3) is 0 Å². The fraction of sp³-hybridized carbons (Fsp3) is 0.286. The molecule has 0 saturated heterocycles. The van der Waals surface area contributed by atoms with E-state index in [4.69, 9.17) is 9.47 Å². The van der Waals surface area contributed by atoms with Crippen molar-refractivity contribution in [1.82, 2.24) is 0 Å². The maximum atomic E-state index is 5.47. The molecule has 0 aliphatic heterocycles. The van der Waals surface area contributed by atoms with Crippen LogP contribution in [0.15, 0.2) is 28.1 Å². The number of alkyl halides is 1. The van der Waals surface area contributed by atoms with Crippen molar-refractivity contribution in [2.45, 2.75) is 11.8 Å². The first kappa shape index (κ1) is 14.9. The molecule has 2 aromatic rings. The molecular formula is C14H14Br2O2S. The molecule has 0 aliphatic rings. The van der Waals surface area contributed by atoms with Crippen molar-refractivity contribution in [2.75, 3.05) is 14.2 Å². The quantitative estimate of drug-likeness (QED) is 0.640. The zero-order valence-electron chi connectivity index (χ0n) is 10.9. The van der Waals surface area contributed by atoms with Crippen LogP contribution in [0.5, 0.6) is 11.5 Å². The molecule has 102 valence electrons. The summed E-state index contributed by atoms with van der Waals surface area (Å²) in [5, 5.41) is 2.10. The Morgan fingerprint density at radius 2 is 1.84 bits per heavy atom. The molecule has 1 heterocycles. The second-order valence-electron chi connectivity index (χ2n) is 4.06. The van der Waals surface area contributed by atoms with E-state index >= 15 is 0 Å². The van der Waals surface area contributed by atoms with E-state index in [2.05, 4.69) is 50.2 Å². The summed E-state index contributed by atoms with van der Waals surface area (Å²) in [6.45, 7) is 2.11. The highest BCUT2D eigenvalue weighted by Gasteiger charge is 2.20. The predicted molar refractivity (Wildman–Crippen MR) is 87.1 cm³/mol. The van der Waals surface area contributed by atoms with Crippen LogP contribution in [-0.2, 0) is 0 Å². The molecule has 0 fully saturated rings. The molecular weight excluding hydrogens is 392 g/mol. The number of benzene rings is 1. The van der Waals surface area contributed by atoms with Gasteiger partial charge in [-0.2, -0.15) is 0 Å². The van der Waals surface area contributed by atoms with Crippen molar-refractivity contribution >= 4 is 43.2 Å². The van der Waals surface area contributed by atoms with Gasteiger partial charge in [0.2, 0.25) is 0 Å². The Morgan fingerprint density at radius 1 is 1.16 bits per heavy atom. The van der Waals surface area contributed by atoms with Gasteiger partial charge in [-0.3, -0.25) is 0 Å². The average molecular weight is 406 g/mol. The number of halogens is 2. The van der Waals surface area contributed by atoms with Gasteiger partial charge in [0.1, 0.15) is 11.5 Å². The highest BCUT2D eigenvalue weighted by atomic mass is 79.9. The molecule has 1 atom stereocenters. The molecule has 2 nitrogen and oxygen atoms in total. The van der Waals surface area contributed by atoms with E-state index in [9.17, 15) is 0 Å². The molecule has 0 radical (unpaired) electrons. The maximum absolute atomic E-state index is 5.47. The normalized spacial score (nSPS) is 12.3. The summed E-state index contributed by atoms with van der Waals surface area (Å²) >= 11 is 8.97. The van der Waals surface area contributed by atoms with Crippen LogP contribution >= 0.6 is 43.2 Å². The van der Waals surface area contributed by atoms with E-state index in [1.807, 2.05) is 12.1 Å². The lowest BCUT2D eigenvalue weighted by atomic mass is 10.1. The van der Waals surface area contributed by atoms with Gasteiger partial charge in [-0.1, -0.05) is 15.9 Å². The summed E-state index contributed by atoms with van der Waals surface area (Å²) in [4.78, 5) is 1.38. The Labute approximate surface area is 134 Å². The SMILES string of the molecule is COc1cc(C(Br)c2sccc2C)c(OC)cc1Br. The van der Waals surface area contributed by atoms with Crippen LogP contribution < -0.4 is 9.47 Å². The second kappa shape index (κ2) is 6.29. The zero-order chi connectivity index (χ0) is 14.0. The highest BCUT2D eigenvalue weighted by molar-refractivity contribution is 9.10. The third kappa shape index (κ3) is 2.98. The van der Waals surface area contributed by atoms with Gasteiger partial charge in [0.05, 0.1) is 23.5 Å². The number of ether oxygens (including phenoxy) is 2. The second-order valence-corrected chi connectivity index (χ2v) is 6.78. The fourth-order valence-corrected chi connectivity index (χ4v) is 4.31. The summed E-state index contributed by atoms with van der Waals surface area (Å²) < 4.78 is 11.7. The van der Waals surface area contributed by atoms with Crippen molar-refractivity contribution in [2.24, 2.45) is 0 Å². The lowest BCUT2D eigenvalue weighted by Crippen LogP contribution is -1.98. The van der Waals surface area contributed by atoms with Gasteiger partial charge in [-0.05, 0) is 52.0 Å². The topological polar surface area (TPSA) is 18.5 Å². The van der Waals surface area contributed by atoms with Crippen LogP contribution in [0.4, 0.5) is 0 Å². The number of hydrogen-bond acceptors (Lipinski definition) is 3. The van der Waals surface area contributed by atoms with Crippen LogP contribution in [0.2, 0.25) is 0 Å². The Balaban J connectivity index is 2.51. The molecule has 0 N–H and O–H groups in total. The van der Waals surface area contributed by atoms with Crippen molar-refractivity contribution in [3.05, 3.63) is 44.1 Å². The summed E-state index contributed by atoms with van der Waals surface area (Å²) in [7, 11) is 3.34. The molecule has 0 spiro atoms. The standard InChI is InChI=1S/C14H14Br2O2S/c1-8-4-5-19-14(8)13(16)9-6-12(18-3)10(15)7-11(9)17-2/h4-7,13H,1-3H3. The fourth-order valence-electron chi connectivity index (χ4n) is 1.87. The van der Waals surface area contributed by atoms with Gasteiger partial charge in [-0.25, -0.2) is 0 Å². The molecule has 1 unspecified atom stereocenters. The summed E-state index contributed by atoms with van der Waals surface area (Å²) in [6, 6.07) is 6.06. The molecule has 0 bridgehead atoms. The third-order valence-electron chi connectivity index (χ3n) is 2.91. The van der Waals surface area contributed by atoms with E-state index in [1.54, 1.807) is 25.6 Å². The number of thiophene rings is 1. The Hall–Kier alpha value is -0.520. The monoisotopic (exact) mass is 404 g/mol. The summed E-state index contributed by atoms with van der Waals surface area (Å²) in [5.74, 6) is 1.64. The first-order valence-corrected chi connectivity index (χ1v) is 8.26. The summed E-state index contributed by atoms with van der Waals surface area (Å²) in [6.07, 6.45) is 0. The highest BCUT2D eigenvalue weighted by Crippen LogP contribution is 2.43. The van der Waals surface area contributed by atoms with E-state index in [1.165, 1.54) is 10.4 Å². The van der Waals surface area contributed by atoms with Gasteiger partial charge < -0.3 is 9.47 Å². The number of methoxy groups -OCH3 is 2. The maximum Gasteiger partial charge on any atom is 0.133 e. The van der Waals surface area contributed by atoms with Crippen LogP contribution in [-0.4, -0.2) is 14.2 Å². The number of hydrogen-bond donors (Lipinski definition) is 0. The molecule has 1 aromatic carbocycles. The van der Waals surface area contributed by atoms with Crippen LogP contribution in [0.1, 0.15) is 20.8 Å². The molecule has 1 aromatic heterocycles. The zero-order valence-corrected chi connectivity index (χ0v) is 14.9. The lowest BCUT2D eigenvalue weighted by Gasteiger charge is -2.16. The molecule has 0 saturated carbocycles. The summed E-state index contributed by atoms with van der Waals surface area (Å²) in [5.41, 5.74) is 2.34. The van der Waals surface area contributed by atoms with E-state index in [-0.39, 0.29) is 4.83 Å². The molecule has 5 heteroatoms. The van der Waals surface area contributed by atoms with E-state index in [0.29, 0.717) is 0 Å². The Morgan fingerprint density at radius 3 is 2.37 bits per heavy atom. The van der Waals surface area contributed by atoms with Crippen molar-refractivity contribution < 1.29 is 9.47 Å². The van der Waals surface area contributed by atoms with E-state index < -0.39 is 0 Å². The van der Waals surface area contributed by atoms with Gasteiger partial charge in [0, 0.05) is 10.4 Å². The minimum Gasteiger partial charge on any atom is -0.496 e. The smallest absolute Gasteiger partial charge is 0.133 e. The minimum absolute atomic E-state index is 0.101. The van der Waals surface area contributed by atoms with Gasteiger partial charge >= 0.3 is 0 Å². The van der Waals surface area contributed by atoms with Gasteiger partial charge in [-0.15, -0.1) is 11.3 Å². The largest absolute Gasteiger partial charge is 0.496 e. The van der Waals surface area contributed by atoms with E-state index in [0.717, 1.165) is 21.5 Å². The van der Waals surface area contributed by atoms with Crippen molar-refractivity contribution in [3.63, 3.8) is 0 Å². The van der Waals surface area contributed by atoms with Crippen LogP contribution in [0.25, 0.3) is 0 Å². The van der Waals surface area contributed by atoms with Crippen molar-refractivity contribution in [3.8, 4) is 11.5 Å². The predicted octanol–water partition coefficient (Wildman–Crippen LogP) is 5.32. The first-order chi connectivity index (χ1) is 9.08. The van der Waals surface area contributed by atoms with Crippen molar-refractivity contribution in [1.29, 1.82) is 0 Å².